The molecule has 8 heteroatoms. The lowest BCUT2D eigenvalue weighted by atomic mass is 9.49. The Morgan fingerprint density at radius 1 is 1.15 bits per heavy atom. The second-order valence-electron chi connectivity index (χ2n) is 12.1. The molecule has 8 atom stereocenters. The minimum atomic E-state index is -3.32. The highest BCUT2D eigenvalue weighted by Gasteiger charge is 2.59. The fourth-order valence-electron chi connectivity index (χ4n) is 8.78. The zero-order chi connectivity index (χ0) is 24.3. The molecule has 0 radical (unpaired) electrons. The van der Waals surface area contributed by atoms with E-state index in [0.29, 0.717) is 30.3 Å². The molecule has 34 heavy (non-hydrogen) atoms. The maximum Gasteiger partial charge on any atom is 0.178 e. The molecule has 1 heterocycles. The Bertz CT molecular complexity index is 1040. The SMILES string of the molecule is COC[C@@]1(O)CC[C@H]2[C@@H](CC[C@@H]3[C@@H]2CC[C@]2(C)[C@@H](C(=O)Cn4cc(S(C)(=O)=O)cn4)CC[C@@H]32)C1. The zero-order valence-electron chi connectivity index (χ0n) is 20.8. The van der Waals surface area contributed by atoms with E-state index in [9.17, 15) is 18.3 Å². The second-order valence-corrected chi connectivity index (χ2v) is 14.1. The van der Waals surface area contributed by atoms with Crippen LogP contribution >= 0.6 is 0 Å². The Balaban J connectivity index is 1.27. The van der Waals surface area contributed by atoms with Crippen LogP contribution in [0.15, 0.2) is 17.3 Å². The van der Waals surface area contributed by atoms with Gasteiger partial charge < -0.3 is 9.84 Å². The van der Waals surface area contributed by atoms with E-state index >= 15 is 0 Å². The number of Topliss-reactive ketones (excluding diaryl/α,β-unsaturated/α-hetero) is 1. The normalized spacial score (nSPS) is 42.0. The van der Waals surface area contributed by atoms with Gasteiger partial charge in [0.25, 0.3) is 0 Å². The Morgan fingerprint density at radius 2 is 1.91 bits per heavy atom. The smallest absolute Gasteiger partial charge is 0.178 e. The summed E-state index contributed by atoms with van der Waals surface area (Å²) < 4.78 is 30.4. The summed E-state index contributed by atoms with van der Waals surface area (Å²) >= 11 is 0. The molecular weight excluding hydrogens is 452 g/mol. The number of fused-ring (bicyclic) bond motifs is 5. The van der Waals surface area contributed by atoms with Crippen molar-refractivity contribution in [3.8, 4) is 0 Å². The van der Waals surface area contributed by atoms with Crippen LogP contribution in [-0.4, -0.2) is 54.7 Å². The van der Waals surface area contributed by atoms with Crippen molar-refractivity contribution in [3.05, 3.63) is 12.4 Å². The van der Waals surface area contributed by atoms with E-state index in [2.05, 4.69) is 12.0 Å². The molecule has 0 amide bonds. The van der Waals surface area contributed by atoms with Gasteiger partial charge in [-0.25, -0.2) is 8.42 Å². The lowest BCUT2D eigenvalue weighted by molar-refractivity contribution is -0.136. The summed E-state index contributed by atoms with van der Waals surface area (Å²) in [4.78, 5) is 13.6. The van der Waals surface area contributed by atoms with Crippen molar-refractivity contribution < 1.29 is 23.1 Å². The van der Waals surface area contributed by atoms with Crippen LogP contribution in [0.1, 0.15) is 64.7 Å². The first-order valence-electron chi connectivity index (χ1n) is 13.0. The maximum atomic E-state index is 13.4. The fourth-order valence-corrected chi connectivity index (χ4v) is 9.34. The summed E-state index contributed by atoms with van der Waals surface area (Å²) in [7, 11) is -1.64. The Labute approximate surface area is 203 Å². The van der Waals surface area contributed by atoms with Gasteiger partial charge in [-0.05, 0) is 92.8 Å². The summed E-state index contributed by atoms with van der Waals surface area (Å²) in [6.45, 7) is 2.94. The summed E-state index contributed by atoms with van der Waals surface area (Å²) in [5.74, 6) is 3.53. The van der Waals surface area contributed by atoms with Crippen molar-refractivity contribution in [2.45, 2.75) is 81.8 Å². The van der Waals surface area contributed by atoms with Gasteiger partial charge in [0.05, 0.1) is 24.9 Å². The van der Waals surface area contributed by atoms with E-state index in [-0.39, 0.29) is 28.6 Å². The summed E-state index contributed by atoms with van der Waals surface area (Å²) in [5, 5.41) is 15.1. The van der Waals surface area contributed by atoms with Crippen molar-refractivity contribution in [2.75, 3.05) is 20.0 Å². The maximum absolute atomic E-state index is 13.4. The van der Waals surface area contributed by atoms with E-state index in [4.69, 9.17) is 4.74 Å². The van der Waals surface area contributed by atoms with Gasteiger partial charge in [0.1, 0.15) is 4.90 Å². The number of ketones is 1. The highest BCUT2D eigenvalue weighted by Crippen LogP contribution is 2.64. The number of aliphatic hydroxyl groups is 1. The summed E-state index contributed by atoms with van der Waals surface area (Å²) in [5.41, 5.74) is -0.621. The van der Waals surface area contributed by atoms with Gasteiger partial charge in [0.2, 0.25) is 0 Å². The van der Waals surface area contributed by atoms with Gasteiger partial charge in [0, 0.05) is 25.5 Å². The minimum absolute atomic E-state index is 0.0280. The third-order valence-corrected chi connectivity index (χ3v) is 11.3. The largest absolute Gasteiger partial charge is 0.387 e. The number of sulfone groups is 1. The second kappa shape index (κ2) is 8.70. The lowest BCUT2D eigenvalue weighted by Gasteiger charge is -2.57. The molecule has 0 saturated heterocycles. The van der Waals surface area contributed by atoms with E-state index in [0.717, 1.165) is 50.7 Å². The van der Waals surface area contributed by atoms with Crippen LogP contribution in [0.5, 0.6) is 0 Å². The van der Waals surface area contributed by atoms with E-state index in [1.54, 1.807) is 7.11 Å². The first-order chi connectivity index (χ1) is 16.0. The van der Waals surface area contributed by atoms with Crippen molar-refractivity contribution >= 4 is 15.6 Å². The Morgan fingerprint density at radius 3 is 2.62 bits per heavy atom. The van der Waals surface area contributed by atoms with Gasteiger partial charge in [-0.2, -0.15) is 5.10 Å². The number of hydrogen-bond acceptors (Lipinski definition) is 6. The molecule has 4 fully saturated rings. The fraction of sp³-hybridized carbons (Fsp3) is 0.846. The van der Waals surface area contributed by atoms with Gasteiger partial charge in [-0.15, -0.1) is 0 Å². The molecule has 0 aromatic carbocycles. The first-order valence-corrected chi connectivity index (χ1v) is 14.9. The molecule has 5 rings (SSSR count). The molecule has 1 aromatic heterocycles. The molecule has 0 bridgehead atoms. The molecule has 4 saturated carbocycles. The summed E-state index contributed by atoms with van der Waals surface area (Å²) in [6, 6.07) is 0. The quantitative estimate of drug-likeness (QED) is 0.653. The standard InChI is InChI=1S/C26H40N2O5S/c1-25-10-8-20-19-9-11-26(30,16-33-2)12-17(19)4-5-21(20)22(25)6-7-23(25)24(29)15-28-14-18(13-27-28)34(3,31)32/h13-14,17,19-23,30H,4-12,15-16H2,1-3H3/t17-,19-,20+,21+,22-,23+,25-,26+/m0/s1. The van der Waals surface area contributed by atoms with Gasteiger partial charge in [-0.1, -0.05) is 6.92 Å². The van der Waals surface area contributed by atoms with Crippen LogP contribution in [0.25, 0.3) is 0 Å². The number of hydrogen-bond donors (Lipinski definition) is 1. The van der Waals surface area contributed by atoms with Crippen molar-refractivity contribution in [1.29, 1.82) is 0 Å². The molecule has 1 aromatic rings. The number of nitrogens with zero attached hydrogens (tertiary/aromatic N) is 2. The molecule has 7 nitrogen and oxygen atoms in total. The van der Waals surface area contributed by atoms with Crippen LogP contribution in [0.2, 0.25) is 0 Å². The topological polar surface area (TPSA) is 98.5 Å². The molecule has 0 unspecified atom stereocenters. The molecule has 0 spiro atoms. The van der Waals surface area contributed by atoms with Gasteiger partial charge in [0.15, 0.2) is 15.6 Å². The van der Waals surface area contributed by atoms with Crippen LogP contribution < -0.4 is 0 Å². The lowest BCUT2D eigenvalue weighted by Crippen LogP contribution is -2.52. The highest BCUT2D eigenvalue weighted by atomic mass is 32.2. The number of rotatable bonds is 6. The van der Waals surface area contributed by atoms with Crippen molar-refractivity contribution in [2.24, 2.45) is 40.9 Å². The summed E-state index contributed by atoms with van der Waals surface area (Å²) in [6.07, 6.45) is 13.5. The van der Waals surface area contributed by atoms with Crippen LogP contribution in [0.4, 0.5) is 0 Å². The number of carbonyl (C=O) groups excluding carboxylic acids is 1. The highest BCUT2D eigenvalue weighted by molar-refractivity contribution is 7.90. The Hall–Kier alpha value is -1.25. The zero-order valence-corrected chi connectivity index (χ0v) is 21.6. The molecular formula is C26H40N2O5S. The Kier molecular flexibility index (Phi) is 6.25. The van der Waals surface area contributed by atoms with Crippen LogP contribution in [0, 0.1) is 40.9 Å². The molecule has 1 N–H and O–H groups in total. The molecule has 4 aliphatic carbocycles. The predicted octanol–water partition coefficient (Wildman–Crippen LogP) is 3.50. The van der Waals surface area contributed by atoms with Crippen molar-refractivity contribution in [1.82, 2.24) is 9.78 Å². The molecule has 190 valence electrons. The third-order valence-electron chi connectivity index (χ3n) is 10.3. The average molecular weight is 493 g/mol. The van der Waals surface area contributed by atoms with E-state index < -0.39 is 15.4 Å². The molecule has 0 aliphatic heterocycles. The predicted molar refractivity (Wildman–Crippen MR) is 128 cm³/mol. The van der Waals surface area contributed by atoms with Gasteiger partial charge >= 0.3 is 0 Å². The minimum Gasteiger partial charge on any atom is -0.387 e. The monoisotopic (exact) mass is 492 g/mol. The van der Waals surface area contributed by atoms with E-state index in [1.807, 2.05) is 0 Å². The van der Waals surface area contributed by atoms with Crippen LogP contribution in [0.3, 0.4) is 0 Å². The van der Waals surface area contributed by atoms with Gasteiger partial charge in [-0.3, -0.25) is 9.48 Å². The van der Waals surface area contributed by atoms with Crippen LogP contribution in [-0.2, 0) is 25.9 Å². The third kappa shape index (κ3) is 4.17. The van der Waals surface area contributed by atoms with Crippen molar-refractivity contribution in [3.63, 3.8) is 0 Å². The first kappa shape index (κ1) is 24.4. The number of ether oxygens (including phenoxy) is 1. The number of aromatic nitrogens is 2. The average Bonchev–Trinajstić information content (AvgIpc) is 3.37. The van der Waals surface area contributed by atoms with E-state index in [1.165, 1.54) is 36.3 Å². The number of carbonyl (C=O) groups is 1. The number of methoxy groups -OCH3 is 1. The molecule has 4 aliphatic rings.